The second-order valence-electron chi connectivity index (χ2n) is 9.86. The van der Waals surface area contributed by atoms with Crippen molar-refractivity contribution in [1.29, 1.82) is 0 Å². The lowest BCUT2D eigenvalue weighted by atomic mass is 9.78. The minimum atomic E-state index is -0.291. The average Bonchev–Trinajstić information content (AvgIpc) is 2.90. The first-order valence-electron chi connectivity index (χ1n) is 10.1. The van der Waals surface area contributed by atoms with Gasteiger partial charge in [-0.2, -0.15) is 0 Å². The van der Waals surface area contributed by atoms with Crippen molar-refractivity contribution in [2.24, 2.45) is 0 Å². The van der Waals surface area contributed by atoms with Crippen LogP contribution in [0.15, 0.2) is 45.8 Å². The van der Waals surface area contributed by atoms with Crippen LogP contribution in [0.2, 0.25) is 0 Å². The molecule has 0 aliphatic carbocycles. The second kappa shape index (κ2) is 8.47. The number of phenols is 1. The molecular weight excluding hydrogens is 474 g/mol. The highest BCUT2D eigenvalue weighted by molar-refractivity contribution is 9.10. The van der Waals surface area contributed by atoms with Crippen molar-refractivity contribution in [2.45, 2.75) is 58.9 Å². The van der Waals surface area contributed by atoms with Crippen LogP contribution in [0.4, 0.5) is 4.79 Å². The van der Waals surface area contributed by atoms with Crippen molar-refractivity contribution in [3.63, 3.8) is 0 Å². The van der Waals surface area contributed by atoms with Crippen LogP contribution in [0.1, 0.15) is 63.8 Å². The molecule has 0 saturated carbocycles. The van der Waals surface area contributed by atoms with Gasteiger partial charge in [-0.05, 0) is 64.1 Å². The van der Waals surface area contributed by atoms with Gasteiger partial charge in [0.15, 0.2) is 0 Å². The summed E-state index contributed by atoms with van der Waals surface area (Å²) in [5.74, 6) is 0.00102. The van der Waals surface area contributed by atoms with E-state index in [4.69, 9.17) is 0 Å². The lowest BCUT2D eigenvalue weighted by molar-refractivity contribution is -0.123. The number of halogens is 1. The van der Waals surface area contributed by atoms with Gasteiger partial charge in [0.2, 0.25) is 0 Å². The van der Waals surface area contributed by atoms with Crippen molar-refractivity contribution in [1.82, 2.24) is 4.90 Å². The minimum absolute atomic E-state index is 0.241. The molecule has 4 nitrogen and oxygen atoms in total. The molecule has 6 heteroatoms. The molecule has 0 radical (unpaired) electrons. The minimum Gasteiger partial charge on any atom is -0.507 e. The molecule has 0 atom stereocenters. The summed E-state index contributed by atoms with van der Waals surface area (Å²) in [7, 11) is 0. The van der Waals surface area contributed by atoms with Crippen LogP contribution in [-0.2, 0) is 22.2 Å². The highest BCUT2D eigenvalue weighted by Crippen LogP contribution is 2.41. The predicted molar refractivity (Wildman–Crippen MR) is 131 cm³/mol. The molecule has 0 bridgehead atoms. The number of benzene rings is 2. The topological polar surface area (TPSA) is 57.6 Å². The molecule has 1 aliphatic heterocycles. The Hall–Kier alpha value is -2.05. The molecule has 2 aromatic carbocycles. The summed E-state index contributed by atoms with van der Waals surface area (Å²) in [5.41, 5.74) is 2.80. The van der Waals surface area contributed by atoms with E-state index in [1.54, 1.807) is 6.08 Å². The zero-order valence-electron chi connectivity index (χ0n) is 18.7. The second-order valence-corrected chi connectivity index (χ2v) is 11.8. The molecule has 2 aromatic rings. The molecule has 164 valence electrons. The molecule has 1 fully saturated rings. The van der Waals surface area contributed by atoms with Gasteiger partial charge in [0.05, 0.1) is 11.4 Å². The molecule has 1 aliphatic rings. The van der Waals surface area contributed by atoms with Gasteiger partial charge < -0.3 is 5.11 Å². The molecule has 0 unspecified atom stereocenters. The van der Waals surface area contributed by atoms with E-state index in [-0.39, 0.29) is 28.5 Å². The maximum atomic E-state index is 13.0. The van der Waals surface area contributed by atoms with E-state index >= 15 is 0 Å². The maximum Gasteiger partial charge on any atom is 0.293 e. The first-order valence-corrected chi connectivity index (χ1v) is 11.8. The zero-order valence-corrected chi connectivity index (χ0v) is 21.1. The number of nitrogens with zero attached hydrogens (tertiary/aromatic N) is 1. The van der Waals surface area contributed by atoms with Gasteiger partial charge in [-0.1, -0.05) is 69.6 Å². The Morgan fingerprint density at radius 3 is 1.97 bits per heavy atom. The number of amides is 2. The summed E-state index contributed by atoms with van der Waals surface area (Å²) in [6.45, 7) is 12.5. The van der Waals surface area contributed by atoms with E-state index in [1.165, 1.54) is 4.90 Å². The summed E-state index contributed by atoms with van der Waals surface area (Å²) in [4.78, 5) is 27.2. The summed E-state index contributed by atoms with van der Waals surface area (Å²) < 4.78 is 0.946. The number of aromatic hydroxyl groups is 1. The maximum absolute atomic E-state index is 13.0. The molecule has 1 heterocycles. The van der Waals surface area contributed by atoms with E-state index in [0.717, 1.165) is 38.5 Å². The summed E-state index contributed by atoms with van der Waals surface area (Å²) in [6, 6.07) is 11.4. The fraction of sp³-hybridized carbons (Fsp3) is 0.360. The number of rotatable bonds is 3. The third-order valence-electron chi connectivity index (χ3n) is 5.17. The standard InChI is InChI=1S/C25H28BrNO3S/c1-24(2,3)18-11-16(12-19(21(18)28)25(4,5)6)13-20-22(29)27(23(30)31-20)14-15-7-9-17(26)10-8-15/h7-13,28H,14H2,1-6H3/b20-13-. The quantitative estimate of drug-likeness (QED) is 0.460. The van der Waals surface area contributed by atoms with E-state index in [1.807, 2.05) is 77.9 Å². The van der Waals surface area contributed by atoms with Crippen LogP contribution >= 0.6 is 27.7 Å². The Morgan fingerprint density at radius 2 is 1.48 bits per heavy atom. The lowest BCUT2D eigenvalue weighted by Gasteiger charge is -2.28. The van der Waals surface area contributed by atoms with E-state index in [2.05, 4.69) is 15.9 Å². The first kappa shape index (κ1) is 23.6. The average molecular weight is 502 g/mol. The third-order valence-corrected chi connectivity index (χ3v) is 6.61. The van der Waals surface area contributed by atoms with E-state index in [0.29, 0.717) is 10.7 Å². The van der Waals surface area contributed by atoms with Gasteiger partial charge in [-0.3, -0.25) is 14.5 Å². The fourth-order valence-corrected chi connectivity index (χ4v) is 4.55. The van der Waals surface area contributed by atoms with Crippen LogP contribution in [0, 0.1) is 0 Å². The number of hydrogen-bond donors (Lipinski definition) is 1. The van der Waals surface area contributed by atoms with Gasteiger partial charge in [0.1, 0.15) is 5.75 Å². The van der Waals surface area contributed by atoms with Gasteiger partial charge in [-0.15, -0.1) is 0 Å². The molecule has 1 saturated heterocycles. The van der Waals surface area contributed by atoms with Crippen molar-refractivity contribution in [3.8, 4) is 5.75 Å². The number of phenolic OH excluding ortho intramolecular Hbond substituents is 1. The summed E-state index contributed by atoms with van der Waals surface area (Å²) in [5, 5.41) is 10.6. The molecular formula is C25H28BrNO3S. The van der Waals surface area contributed by atoms with Crippen molar-refractivity contribution >= 4 is 44.9 Å². The summed E-state index contributed by atoms with van der Waals surface area (Å²) in [6.07, 6.45) is 1.76. The van der Waals surface area contributed by atoms with Crippen LogP contribution in [0.25, 0.3) is 6.08 Å². The van der Waals surface area contributed by atoms with E-state index < -0.39 is 0 Å². The number of hydrogen-bond acceptors (Lipinski definition) is 4. The normalized spacial score (nSPS) is 16.5. The first-order chi connectivity index (χ1) is 14.3. The Morgan fingerprint density at radius 1 is 0.968 bits per heavy atom. The monoisotopic (exact) mass is 501 g/mol. The largest absolute Gasteiger partial charge is 0.507 e. The molecule has 0 aromatic heterocycles. The van der Waals surface area contributed by atoms with Crippen LogP contribution < -0.4 is 0 Å². The number of carbonyl (C=O) groups excluding carboxylic acids is 2. The molecule has 31 heavy (non-hydrogen) atoms. The highest BCUT2D eigenvalue weighted by Gasteiger charge is 2.35. The molecule has 3 rings (SSSR count). The Balaban J connectivity index is 1.98. The van der Waals surface area contributed by atoms with Gasteiger partial charge in [-0.25, -0.2) is 0 Å². The number of thioether (sulfide) groups is 1. The Bertz CT molecular complexity index is 1020. The molecule has 1 N–H and O–H groups in total. The Kier molecular flexibility index (Phi) is 6.45. The van der Waals surface area contributed by atoms with Crippen molar-refractivity contribution in [3.05, 3.63) is 68.0 Å². The van der Waals surface area contributed by atoms with Crippen LogP contribution in [-0.4, -0.2) is 21.2 Å². The fourth-order valence-electron chi connectivity index (χ4n) is 3.44. The molecule has 2 amide bonds. The number of imide groups is 1. The number of carbonyl (C=O) groups is 2. The zero-order chi connectivity index (χ0) is 23.1. The van der Waals surface area contributed by atoms with Gasteiger partial charge >= 0.3 is 0 Å². The Labute approximate surface area is 196 Å². The van der Waals surface area contributed by atoms with E-state index in [9.17, 15) is 14.7 Å². The lowest BCUT2D eigenvalue weighted by Crippen LogP contribution is -2.27. The smallest absolute Gasteiger partial charge is 0.293 e. The molecule has 0 spiro atoms. The van der Waals surface area contributed by atoms with Crippen molar-refractivity contribution < 1.29 is 14.7 Å². The van der Waals surface area contributed by atoms with Gasteiger partial charge in [0.25, 0.3) is 11.1 Å². The third kappa shape index (κ3) is 5.24. The summed E-state index contributed by atoms with van der Waals surface area (Å²) >= 11 is 4.35. The van der Waals surface area contributed by atoms with Crippen LogP contribution in [0.5, 0.6) is 5.75 Å². The van der Waals surface area contributed by atoms with Gasteiger partial charge in [0, 0.05) is 15.6 Å². The SMILES string of the molecule is CC(C)(C)c1cc(/C=C2\SC(=O)N(Cc3ccc(Br)cc3)C2=O)cc(C(C)(C)C)c1O. The highest BCUT2D eigenvalue weighted by atomic mass is 79.9. The van der Waals surface area contributed by atoms with Crippen LogP contribution in [0.3, 0.4) is 0 Å². The predicted octanol–water partition coefficient (Wildman–Crippen LogP) is 6.99. The van der Waals surface area contributed by atoms with Crippen molar-refractivity contribution in [2.75, 3.05) is 0 Å².